The molecule has 0 aliphatic carbocycles. The molecule has 0 aromatic heterocycles. The summed E-state index contributed by atoms with van der Waals surface area (Å²) in [7, 11) is 1.24. The molecule has 7 heteroatoms. The highest BCUT2D eigenvalue weighted by Crippen LogP contribution is 2.37. The van der Waals surface area contributed by atoms with E-state index in [4.69, 9.17) is 0 Å². The molecule has 0 unspecified atom stereocenters. The largest absolute Gasteiger partial charge is 0.467 e. The number of thioether (sulfide) groups is 1. The Morgan fingerprint density at radius 2 is 1.79 bits per heavy atom. The van der Waals surface area contributed by atoms with Crippen LogP contribution in [0.15, 0.2) is 41.3 Å². The highest BCUT2D eigenvalue weighted by atomic mass is 32.2. The smallest absolute Gasteiger partial charge is 0.328 e. The van der Waals surface area contributed by atoms with E-state index < -0.39 is 23.2 Å². The van der Waals surface area contributed by atoms with E-state index in [1.807, 2.05) is 24.3 Å². The van der Waals surface area contributed by atoms with Crippen LogP contribution in [-0.2, 0) is 14.3 Å². The summed E-state index contributed by atoms with van der Waals surface area (Å²) < 4.78 is 4.68. The van der Waals surface area contributed by atoms with E-state index in [0.717, 1.165) is 46.1 Å². The zero-order valence-electron chi connectivity index (χ0n) is 16.4. The highest BCUT2D eigenvalue weighted by molar-refractivity contribution is 8.18. The van der Waals surface area contributed by atoms with E-state index in [0.29, 0.717) is 4.91 Å². The van der Waals surface area contributed by atoms with Crippen molar-refractivity contribution >= 4 is 51.4 Å². The summed E-state index contributed by atoms with van der Waals surface area (Å²) >= 11 is 0.851. The first kappa shape index (κ1) is 19.5. The van der Waals surface area contributed by atoms with Gasteiger partial charge in [0.1, 0.15) is 6.04 Å². The molecule has 6 nitrogen and oxygen atoms in total. The zero-order chi connectivity index (χ0) is 20.5. The number of hydrogen-bond acceptors (Lipinski definition) is 6. The normalized spacial score (nSPS) is 19.4. The number of carbonyl (C=O) groups excluding carboxylic acids is 3. The minimum absolute atomic E-state index is 0.310. The van der Waals surface area contributed by atoms with Gasteiger partial charge in [-0.3, -0.25) is 14.5 Å². The van der Waals surface area contributed by atoms with E-state index in [1.54, 1.807) is 6.08 Å². The van der Waals surface area contributed by atoms with Gasteiger partial charge in [0.05, 0.1) is 12.0 Å². The van der Waals surface area contributed by atoms with Gasteiger partial charge in [-0.05, 0) is 54.6 Å². The Labute approximate surface area is 173 Å². The van der Waals surface area contributed by atoms with Gasteiger partial charge in [-0.2, -0.15) is 0 Å². The number of fused-ring (bicyclic) bond motifs is 1. The fourth-order valence-electron chi connectivity index (χ4n) is 3.90. The second-order valence-electron chi connectivity index (χ2n) is 7.16. The number of ether oxygens (including phenoxy) is 1. The van der Waals surface area contributed by atoms with Crippen LogP contribution >= 0.6 is 11.8 Å². The number of benzene rings is 2. The van der Waals surface area contributed by atoms with Gasteiger partial charge >= 0.3 is 5.97 Å². The Balaban J connectivity index is 1.72. The van der Waals surface area contributed by atoms with E-state index in [1.165, 1.54) is 32.6 Å². The van der Waals surface area contributed by atoms with Crippen LogP contribution in [0.3, 0.4) is 0 Å². The van der Waals surface area contributed by atoms with Gasteiger partial charge in [0, 0.05) is 24.2 Å². The molecule has 29 heavy (non-hydrogen) atoms. The summed E-state index contributed by atoms with van der Waals surface area (Å²) in [4.78, 5) is 40.6. The van der Waals surface area contributed by atoms with Crippen molar-refractivity contribution in [1.29, 1.82) is 0 Å². The van der Waals surface area contributed by atoms with Crippen LogP contribution in [-0.4, -0.2) is 48.3 Å². The molecule has 2 aromatic rings. The number of imide groups is 1. The van der Waals surface area contributed by atoms with Gasteiger partial charge in [0.25, 0.3) is 11.1 Å². The average molecular weight is 410 g/mol. The minimum Gasteiger partial charge on any atom is -0.467 e. The van der Waals surface area contributed by atoms with Gasteiger partial charge in [-0.15, -0.1) is 0 Å². The van der Waals surface area contributed by atoms with Crippen LogP contribution in [0.1, 0.15) is 25.3 Å². The van der Waals surface area contributed by atoms with Crippen molar-refractivity contribution < 1.29 is 19.1 Å². The molecule has 0 bridgehead atoms. The lowest BCUT2D eigenvalue weighted by Gasteiger charge is -2.21. The molecule has 2 aliphatic heterocycles. The monoisotopic (exact) mass is 410 g/mol. The molecule has 2 aromatic carbocycles. The number of methoxy groups -OCH3 is 1. The number of nitrogens with zero attached hydrogens (tertiary/aromatic N) is 2. The predicted octanol–water partition coefficient (Wildman–Crippen LogP) is 4.04. The third kappa shape index (κ3) is 3.51. The van der Waals surface area contributed by atoms with Gasteiger partial charge in [0.2, 0.25) is 0 Å². The van der Waals surface area contributed by atoms with Crippen LogP contribution < -0.4 is 4.90 Å². The van der Waals surface area contributed by atoms with Gasteiger partial charge in [-0.25, -0.2) is 4.79 Å². The number of anilines is 1. The summed E-state index contributed by atoms with van der Waals surface area (Å²) in [6, 6.07) is 11.2. The minimum atomic E-state index is -0.951. The zero-order valence-corrected chi connectivity index (χ0v) is 17.2. The predicted molar refractivity (Wildman–Crippen MR) is 115 cm³/mol. The summed E-state index contributed by atoms with van der Waals surface area (Å²) in [5.41, 5.74) is 2.07. The third-order valence-electron chi connectivity index (χ3n) is 5.42. The fourth-order valence-corrected chi connectivity index (χ4v) is 4.80. The molecule has 2 aliphatic rings. The molecule has 0 saturated carbocycles. The molecule has 2 saturated heterocycles. The molecule has 2 amide bonds. The lowest BCUT2D eigenvalue weighted by atomic mass is 10.0. The van der Waals surface area contributed by atoms with E-state index in [-0.39, 0.29) is 0 Å². The Morgan fingerprint density at radius 3 is 2.48 bits per heavy atom. The number of amides is 2. The van der Waals surface area contributed by atoms with Crippen LogP contribution in [0.4, 0.5) is 10.5 Å². The van der Waals surface area contributed by atoms with Crippen LogP contribution in [0, 0.1) is 0 Å². The molecule has 0 spiro atoms. The molecule has 0 radical (unpaired) electrons. The van der Waals surface area contributed by atoms with E-state index in [2.05, 4.69) is 21.8 Å². The first-order valence-corrected chi connectivity index (χ1v) is 10.4. The standard InChI is InChI=1S/C22H22N2O4S/c1-14(21(26)28-2)24-20(25)19(29-22(24)27)13-15-9-10-18(23-11-5-6-12-23)17-8-4-3-7-16(15)17/h3-4,7-10,13-14H,5-6,11-12H2,1-2H3/b19-13+/t14-/m0/s1. The maximum Gasteiger partial charge on any atom is 0.328 e. The Bertz CT molecular complexity index is 1030. The van der Waals surface area contributed by atoms with Crippen LogP contribution in [0.2, 0.25) is 0 Å². The molecule has 2 heterocycles. The molecule has 2 fully saturated rings. The van der Waals surface area contributed by atoms with Crippen molar-refractivity contribution in [2.24, 2.45) is 0 Å². The second-order valence-corrected chi connectivity index (χ2v) is 8.16. The van der Waals surface area contributed by atoms with Crippen LogP contribution in [0.25, 0.3) is 16.8 Å². The first-order chi connectivity index (χ1) is 14.0. The van der Waals surface area contributed by atoms with Crippen molar-refractivity contribution in [3.05, 3.63) is 46.9 Å². The summed E-state index contributed by atoms with van der Waals surface area (Å²) in [6.45, 7) is 3.59. The molecule has 1 atom stereocenters. The van der Waals surface area contributed by atoms with E-state index >= 15 is 0 Å². The Kier molecular flexibility index (Phi) is 5.32. The first-order valence-electron chi connectivity index (χ1n) is 9.63. The van der Waals surface area contributed by atoms with Crippen molar-refractivity contribution in [3.63, 3.8) is 0 Å². The average Bonchev–Trinajstić information content (AvgIpc) is 3.35. The highest BCUT2D eigenvalue weighted by Gasteiger charge is 2.41. The number of esters is 1. The molecule has 4 rings (SSSR count). The third-order valence-corrected chi connectivity index (χ3v) is 6.30. The van der Waals surface area contributed by atoms with Crippen molar-refractivity contribution in [1.82, 2.24) is 4.90 Å². The number of rotatable bonds is 4. The number of carbonyl (C=O) groups is 3. The second kappa shape index (κ2) is 7.91. The summed E-state index contributed by atoms with van der Waals surface area (Å²) in [5.74, 6) is -1.08. The van der Waals surface area contributed by atoms with Crippen molar-refractivity contribution in [2.45, 2.75) is 25.8 Å². The van der Waals surface area contributed by atoms with Crippen LogP contribution in [0.5, 0.6) is 0 Å². The Morgan fingerprint density at radius 1 is 1.10 bits per heavy atom. The fraction of sp³-hybridized carbons (Fsp3) is 0.318. The molecular weight excluding hydrogens is 388 g/mol. The van der Waals surface area contributed by atoms with Crippen molar-refractivity contribution in [2.75, 3.05) is 25.1 Å². The Hall–Kier alpha value is -2.80. The van der Waals surface area contributed by atoms with Crippen molar-refractivity contribution in [3.8, 4) is 0 Å². The molecule has 150 valence electrons. The quantitative estimate of drug-likeness (QED) is 0.560. The maximum absolute atomic E-state index is 12.8. The van der Waals surface area contributed by atoms with Gasteiger partial charge < -0.3 is 9.64 Å². The molecular formula is C22H22N2O4S. The summed E-state index contributed by atoms with van der Waals surface area (Å²) in [5, 5.41) is 1.70. The number of hydrogen-bond donors (Lipinski definition) is 0. The SMILES string of the molecule is COC(=O)[C@H](C)N1C(=O)S/C(=C/c2ccc(N3CCCC3)c3ccccc23)C1=O. The van der Waals surface area contributed by atoms with Gasteiger partial charge in [0.15, 0.2) is 0 Å². The van der Waals surface area contributed by atoms with Gasteiger partial charge in [-0.1, -0.05) is 30.3 Å². The lowest BCUT2D eigenvalue weighted by molar-refractivity contribution is -0.148. The molecule has 0 N–H and O–H groups in total. The summed E-state index contributed by atoms with van der Waals surface area (Å²) in [6.07, 6.45) is 4.13. The maximum atomic E-state index is 12.8. The lowest BCUT2D eigenvalue weighted by Crippen LogP contribution is -2.42. The topological polar surface area (TPSA) is 66.9 Å². The van der Waals surface area contributed by atoms with E-state index in [9.17, 15) is 14.4 Å².